The molecule has 9 heavy (non-hydrogen) atoms. The second-order valence-corrected chi connectivity index (χ2v) is 2.12. The van der Waals surface area contributed by atoms with Crippen molar-refractivity contribution < 1.29 is 4.74 Å². The molecule has 0 amide bonds. The maximum Gasteiger partial charge on any atom is 0.130 e. The minimum Gasteiger partial charge on any atom is -0.492 e. The number of hydrogen-bond acceptors (Lipinski definition) is 1. The zero-order valence-electron chi connectivity index (χ0n) is 5.05. The van der Waals surface area contributed by atoms with E-state index in [0.29, 0.717) is 0 Å². The number of para-hydroxylation sites is 1. The minimum absolute atomic E-state index is 0.829. The summed E-state index contributed by atoms with van der Waals surface area (Å²) >= 11 is 0. The molecule has 0 spiro atoms. The van der Waals surface area contributed by atoms with Gasteiger partial charge in [0, 0.05) is 12.5 Å². The van der Waals surface area contributed by atoms with Gasteiger partial charge >= 0.3 is 0 Å². The van der Waals surface area contributed by atoms with Crippen LogP contribution in [0, 0.1) is 6.07 Å². The lowest BCUT2D eigenvalue weighted by atomic mass is 10.2. The first-order chi connectivity index (χ1) is 4.47. The molecule has 0 aliphatic carbocycles. The molecule has 1 heteroatoms. The van der Waals surface area contributed by atoms with Crippen LogP contribution in [-0.2, 0) is 6.42 Å². The second kappa shape index (κ2) is 1.76. The Bertz CT molecular complexity index is 195. The molecule has 0 saturated heterocycles. The van der Waals surface area contributed by atoms with Gasteiger partial charge in [-0.1, -0.05) is 18.2 Å². The molecule has 1 nitrogen and oxygen atoms in total. The first-order valence-electron chi connectivity index (χ1n) is 3.09. The van der Waals surface area contributed by atoms with Gasteiger partial charge in [-0.15, -0.1) is 0 Å². The molecular formula is C8H7O. The van der Waals surface area contributed by atoms with E-state index in [0.717, 1.165) is 18.8 Å². The quantitative estimate of drug-likeness (QED) is 0.502. The van der Waals surface area contributed by atoms with Gasteiger partial charge in [0.25, 0.3) is 0 Å². The topological polar surface area (TPSA) is 9.23 Å². The Kier molecular flexibility index (Phi) is 0.950. The van der Waals surface area contributed by atoms with Gasteiger partial charge in [0.1, 0.15) is 5.75 Å². The Morgan fingerprint density at radius 3 is 3.44 bits per heavy atom. The number of fused-ring (bicyclic) bond motifs is 1. The lowest BCUT2D eigenvalue weighted by Gasteiger charge is -1.92. The average Bonchev–Trinajstić information content (AvgIpc) is 2.33. The Balaban J connectivity index is 2.54. The largest absolute Gasteiger partial charge is 0.492 e. The van der Waals surface area contributed by atoms with Gasteiger partial charge < -0.3 is 4.74 Å². The minimum atomic E-state index is 0.829. The van der Waals surface area contributed by atoms with E-state index in [2.05, 4.69) is 12.1 Å². The maximum atomic E-state index is 5.24. The summed E-state index contributed by atoms with van der Waals surface area (Å²) in [6.45, 7) is 0.829. The van der Waals surface area contributed by atoms with Crippen molar-refractivity contribution in [1.29, 1.82) is 0 Å². The highest BCUT2D eigenvalue weighted by atomic mass is 16.5. The van der Waals surface area contributed by atoms with Crippen molar-refractivity contribution in [2.45, 2.75) is 6.42 Å². The van der Waals surface area contributed by atoms with E-state index >= 15 is 0 Å². The van der Waals surface area contributed by atoms with Crippen LogP contribution in [0.3, 0.4) is 0 Å². The average molecular weight is 119 g/mol. The monoisotopic (exact) mass is 119 g/mol. The summed E-state index contributed by atoms with van der Waals surface area (Å²) in [5, 5.41) is 0. The van der Waals surface area contributed by atoms with Crippen molar-refractivity contribution in [3.05, 3.63) is 29.8 Å². The highest BCUT2D eigenvalue weighted by Gasteiger charge is 2.08. The molecule has 1 radical (unpaired) electrons. The van der Waals surface area contributed by atoms with Crippen molar-refractivity contribution in [1.82, 2.24) is 0 Å². The van der Waals surface area contributed by atoms with Gasteiger partial charge in [0.15, 0.2) is 0 Å². The molecule has 1 aromatic rings. The summed E-state index contributed by atoms with van der Waals surface area (Å²) in [6, 6.07) is 8.98. The molecule has 0 aromatic heterocycles. The van der Waals surface area contributed by atoms with E-state index in [1.807, 2.05) is 12.1 Å². The molecule has 1 aliphatic rings. The normalized spacial score (nSPS) is 14.7. The van der Waals surface area contributed by atoms with E-state index in [4.69, 9.17) is 4.74 Å². The molecular weight excluding hydrogens is 112 g/mol. The highest BCUT2D eigenvalue weighted by Crippen LogP contribution is 2.22. The number of ether oxygens (including phenoxy) is 1. The van der Waals surface area contributed by atoms with Crippen LogP contribution < -0.4 is 4.74 Å². The molecule has 2 rings (SSSR count). The van der Waals surface area contributed by atoms with Gasteiger partial charge in [-0.25, -0.2) is 0 Å². The number of rotatable bonds is 0. The van der Waals surface area contributed by atoms with E-state index in [1.165, 1.54) is 5.56 Å². The van der Waals surface area contributed by atoms with Crippen molar-refractivity contribution in [3.63, 3.8) is 0 Å². The van der Waals surface area contributed by atoms with Gasteiger partial charge in [-0.05, 0) is 5.56 Å². The van der Waals surface area contributed by atoms with Crippen molar-refractivity contribution in [3.8, 4) is 5.75 Å². The third-order valence-electron chi connectivity index (χ3n) is 1.52. The third kappa shape index (κ3) is 0.689. The lowest BCUT2D eigenvalue weighted by molar-refractivity contribution is 0.356. The highest BCUT2D eigenvalue weighted by molar-refractivity contribution is 5.34. The molecule has 1 aliphatic heterocycles. The first-order valence-corrected chi connectivity index (χ1v) is 3.09. The molecule has 0 bridgehead atoms. The van der Waals surface area contributed by atoms with E-state index in [1.54, 1.807) is 0 Å². The van der Waals surface area contributed by atoms with Gasteiger partial charge in [-0.3, -0.25) is 0 Å². The Labute approximate surface area is 54.3 Å². The molecule has 0 saturated carbocycles. The predicted octanol–water partition coefficient (Wildman–Crippen LogP) is 1.42. The van der Waals surface area contributed by atoms with Crippen molar-refractivity contribution in [2.24, 2.45) is 0 Å². The Morgan fingerprint density at radius 2 is 2.56 bits per heavy atom. The predicted molar refractivity (Wildman–Crippen MR) is 34.5 cm³/mol. The zero-order chi connectivity index (χ0) is 6.10. The van der Waals surface area contributed by atoms with E-state index < -0.39 is 0 Å². The first kappa shape index (κ1) is 4.86. The standard InChI is InChI=1S/C8H7O/c1-2-4-8-7(3-1)5-6-9-8/h1-3H,5-6H2. The molecule has 0 atom stereocenters. The van der Waals surface area contributed by atoms with E-state index in [-0.39, 0.29) is 0 Å². The molecule has 0 fully saturated rings. The fourth-order valence-electron chi connectivity index (χ4n) is 1.05. The summed E-state index contributed by atoms with van der Waals surface area (Å²) < 4.78 is 5.24. The third-order valence-corrected chi connectivity index (χ3v) is 1.52. The second-order valence-electron chi connectivity index (χ2n) is 2.12. The Hall–Kier alpha value is -0.980. The van der Waals surface area contributed by atoms with Crippen molar-refractivity contribution >= 4 is 0 Å². The molecule has 45 valence electrons. The van der Waals surface area contributed by atoms with Gasteiger partial charge in [0.2, 0.25) is 0 Å². The van der Waals surface area contributed by atoms with Crippen LogP contribution in [0.25, 0.3) is 0 Å². The van der Waals surface area contributed by atoms with Gasteiger partial charge in [0.05, 0.1) is 6.61 Å². The summed E-state index contributed by atoms with van der Waals surface area (Å²) in [5.41, 5.74) is 1.29. The summed E-state index contributed by atoms with van der Waals surface area (Å²) in [6.07, 6.45) is 1.05. The van der Waals surface area contributed by atoms with Crippen LogP contribution in [0.4, 0.5) is 0 Å². The molecule has 0 N–H and O–H groups in total. The molecule has 0 unspecified atom stereocenters. The van der Waals surface area contributed by atoms with Crippen LogP contribution >= 0.6 is 0 Å². The SMILES string of the molecule is [c]1cccc2c1OCC2. The molecule has 1 aromatic carbocycles. The Morgan fingerprint density at radius 1 is 1.56 bits per heavy atom. The van der Waals surface area contributed by atoms with Crippen molar-refractivity contribution in [2.75, 3.05) is 6.61 Å². The van der Waals surface area contributed by atoms with Crippen LogP contribution in [0.1, 0.15) is 5.56 Å². The smallest absolute Gasteiger partial charge is 0.130 e. The van der Waals surface area contributed by atoms with Crippen LogP contribution in [0.15, 0.2) is 18.2 Å². The number of benzene rings is 1. The molecule has 1 heterocycles. The summed E-state index contributed by atoms with van der Waals surface area (Å²) in [4.78, 5) is 0. The maximum absolute atomic E-state index is 5.24. The fraction of sp³-hybridized carbons (Fsp3) is 0.250. The number of hydrogen-bond donors (Lipinski definition) is 0. The fourth-order valence-corrected chi connectivity index (χ4v) is 1.05. The zero-order valence-corrected chi connectivity index (χ0v) is 5.05. The van der Waals surface area contributed by atoms with Crippen LogP contribution in [0.2, 0.25) is 0 Å². The lowest BCUT2D eigenvalue weighted by Crippen LogP contribution is -1.85. The van der Waals surface area contributed by atoms with E-state index in [9.17, 15) is 0 Å². The van der Waals surface area contributed by atoms with Crippen LogP contribution in [0.5, 0.6) is 5.75 Å². The van der Waals surface area contributed by atoms with Gasteiger partial charge in [-0.2, -0.15) is 0 Å². The summed E-state index contributed by atoms with van der Waals surface area (Å²) in [7, 11) is 0. The summed E-state index contributed by atoms with van der Waals surface area (Å²) in [5.74, 6) is 0.942. The van der Waals surface area contributed by atoms with Crippen LogP contribution in [-0.4, -0.2) is 6.61 Å².